The van der Waals surface area contributed by atoms with Crippen LogP contribution in [0.25, 0.3) is 10.9 Å². The molecule has 2 aromatic carbocycles. The fourth-order valence-corrected chi connectivity index (χ4v) is 3.65. The van der Waals surface area contributed by atoms with Crippen molar-refractivity contribution in [3.8, 4) is 0 Å². The number of hydrogen-bond donors (Lipinski definition) is 0. The van der Waals surface area contributed by atoms with Crippen LogP contribution in [0.4, 0.5) is 0 Å². The topological polar surface area (TPSA) is 16.1 Å². The van der Waals surface area contributed by atoms with Crippen molar-refractivity contribution >= 4 is 10.9 Å². The van der Waals surface area contributed by atoms with Crippen molar-refractivity contribution < 1.29 is 0 Å². The van der Waals surface area contributed by atoms with Gasteiger partial charge in [0.05, 0.1) is 5.52 Å². The quantitative estimate of drug-likeness (QED) is 0.679. The summed E-state index contributed by atoms with van der Waals surface area (Å²) >= 11 is 0. The molecule has 116 valence electrons. The van der Waals surface area contributed by atoms with E-state index in [2.05, 4.69) is 76.7 Å². The highest BCUT2D eigenvalue weighted by Crippen LogP contribution is 2.32. The summed E-state index contributed by atoms with van der Waals surface area (Å²) in [7, 11) is 0. The summed E-state index contributed by atoms with van der Waals surface area (Å²) in [5, 5.41) is 1.25. The van der Waals surface area contributed by atoms with Crippen molar-refractivity contribution in [2.75, 3.05) is 6.54 Å². The van der Waals surface area contributed by atoms with E-state index in [-0.39, 0.29) is 0 Å². The lowest BCUT2D eigenvalue weighted by atomic mass is 9.95. The Bertz CT molecular complexity index is 782. The van der Waals surface area contributed by atoms with E-state index in [1.807, 2.05) is 0 Å². The van der Waals surface area contributed by atoms with Crippen LogP contribution in [0.15, 0.2) is 66.9 Å². The summed E-state index contributed by atoms with van der Waals surface area (Å²) in [6, 6.07) is 22.0. The molecule has 4 rings (SSSR count). The first-order valence-electron chi connectivity index (χ1n) is 8.53. The van der Waals surface area contributed by atoms with Crippen molar-refractivity contribution in [2.24, 2.45) is 0 Å². The first-order valence-corrected chi connectivity index (χ1v) is 8.53. The van der Waals surface area contributed by atoms with E-state index in [0.29, 0.717) is 6.04 Å². The van der Waals surface area contributed by atoms with Crippen molar-refractivity contribution in [1.29, 1.82) is 0 Å². The van der Waals surface area contributed by atoms with Crippen molar-refractivity contribution in [3.63, 3.8) is 0 Å². The fourth-order valence-electron chi connectivity index (χ4n) is 3.65. The number of fused-ring (bicyclic) bond motifs is 1. The number of benzene rings is 2. The first kappa shape index (κ1) is 14.4. The van der Waals surface area contributed by atoms with Crippen molar-refractivity contribution in [1.82, 2.24) is 9.88 Å². The maximum Gasteiger partial charge on any atom is 0.0702 e. The average molecular weight is 302 g/mol. The molecule has 0 aliphatic carbocycles. The number of rotatable bonds is 3. The molecule has 0 bridgehead atoms. The summed E-state index contributed by atoms with van der Waals surface area (Å²) in [6.07, 6.45) is 5.91. The van der Waals surface area contributed by atoms with Crippen LogP contribution in [0.5, 0.6) is 0 Å². The Morgan fingerprint density at radius 2 is 1.78 bits per heavy atom. The smallest absolute Gasteiger partial charge is 0.0702 e. The number of para-hydroxylation sites is 1. The van der Waals surface area contributed by atoms with Gasteiger partial charge >= 0.3 is 0 Å². The summed E-state index contributed by atoms with van der Waals surface area (Å²) < 4.78 is 0. The maximum atomic E-state index is 4.67. The van der Waals surface area contributed by atoms with E-state index in [9.17, 15) is 0 Å². The van der Waals surface area contributed by atoms with Crippen LogP contribution < -0.4 is 0 Å². The third-order valence-electron chi connectivity index (χ3n) is 4.84. The number of piperidine rings is 1. The molecule has 1 aromatic heterocycles. The van der Waals surface area contributed by atoms with Crippen LogP contribution in [0.3, 0.4) is 0 Å². The predicted octanol–water partition coefficient (Wildman–Crippen LogP) is 4.96. The van der Waals surface area contributed by atoms with Gasteiger partial charge in [0.25, 0.3) is 0 Å². The first-order chi connectivity index (χ1) is 11.4. The second-order valence-electron chi connectivity index (χ2n) is 6.43. The molecule has 1 fully saturated rings. The molecular weight excluding hydrogens is 280 g/mol. The molecule has 3 aromatic rings. The Hall–Kier alpha value is -2.19. The van der Waals surface area contributed by atoms with E-state index < -0.39 is 0 Å². The standard InChI is InChI=1S/C21H22N2/c1-2-8-17(9-3-1)16-23-13-7-6-12-21(23)19-14-18-10-4-5-11-20(18)22-15-19/h1-5,8-11,14-15,21H,6-7,12-13,16H2/t21-/m0/s1. The van der Waals surface area contributed by atoms with Gasteiger partial charge in [-0.05, 0) is 42.6 Å². The Morgan fingerprint density at radius 3 is 2.70 bits per heavy atom. The molecule has 2 nitrogen and oxygen atoms in total. The van der Waals surface area contributed by atoms with Gasteiger partial charge in [-0.15, -0.1) is 0 Å². The SMILES string of the molecule is c1ccc(CN2CCCC[C@H]2c2cnc3ccccc3c2)cc1. The molecule has 1 aliphatic heterocycles. The molecule has 0 saturated carbocycles. The van der Waals surface area contributed by atoms with Gasteiger partial charge in [0.2, 0.25) is 0 Å². The predicted molar refractivity (Wildman–Crippen MR) is 95.2 cm³/mol. The zero-order chi connectivity index (χ0) is 15.5. The third kappa shape index (κ3) is 3.13. The van der Waals surface area contributed by atoms with Crippen LogP contribution >= 0.6 is 0 Å². The molecule has 2 heterocycles. The molecule has 0 N–H and O–H groups in total. The van der Waals surface area contributed by atoms with Gasteiger partial charge in [0.1, 0.15) is 0 Å². The highest BCUT2D eigenvalue weighted by Gasteiger charge is 2.24. The fraction of sp³-hybridized carbons (Fsp3) is 0.286. The highest BCUT2D eigenvalue weighted by atomic mass is 15.2. The van der Waals surface area contributed by atoms with E-state index >= 15 is 0 Å². The lowest BCUT2D eigenvalue weighted by Gasteiger charge is -2.36. The van der Waals surface area contributed by atoms with Crippen LogP contribution in [0.2, 0.25) is 0 Å². The molecule has 0 spiro atoms. The molecule has 23 heavy (non-hydrogen) atoms. The lowest BCUT2D eigenvalue weighted by molar-refractivity contribution is 0.140. The normalized spacial score (nSPS) is 19.0. The molecule has 0 amide bonds. The minimum atomic E-state index is 0.487. The van der Waals surface area contributed by atoms with Crippen molar-refractivity contribution in [2.45, 2.75) is 31.8 Å². The number of nitrogens with zero attached hydrogens (tertiary/aromatic N) is 2. The second-order valence-corrected chi connectivity index (χ2v) is 6.43. The number of likely N-dealkylation sites (tertiary alicyclic amines) is 1. The summed E-state index contributed by atoms with van der Waals surface area (Å²) in [5.41, 5.74) is 3.84. The number of hydrogen-bond acceptors (Lipinski definition) is 2. The Labute approximate surface area is 137 Å². The van der Waals surface area contributed by atoms with Crippen LogP contribution in [-0.2, 0) is 6.54 Å². The van der Waals surface area contributed by atoms with Gasteiger partial charge in [0, 0.05) is 24.2 Å². The summed E-state index contributed by atoms with van der Waals surface area (Å²) in [4.78, 5) is 7.29. The Morgan fingerprint density at radius 1 is 0.957 bits per heavy atom. The van der Waals surface area contributed by atoms with E-state index in [4.69, 9.17) is 0 Å². The molecule has 1 atom stereocenters. The molecule has 0 unspecified atom stereocenters. The van der Waals surface area contributed by atoms with Crippen LogP contribution in [-0.4, -0.2) is 16.4 Å². The minimum Gasteiger partial charge on any atom is -0.292 e. The van der Waals surface area contributed by atoms with Crippen molar-refractivity contribution in [3.05, 3.63) is 78.0 Å². The van der Waals surface area contributed by atoms with E-state index in [0.717, 1.165) is 12.1 Å². The molecule has 1 aliphatic rings. The molecule has 2 heteroatoms. The molecule has 1 saturated heterocycles. The van der Waals surface area contributed by atoms with Gasteiger partial charge in [-0.2, -0.15) is 0 Å². The summed E-state index contributed by atoms with van der Waals surface area (Å²) in [6.45, 7) is 2.20. The monoisotopic (exact) mass is 302 g/mol. The van der Waals surface area contributed by atoms with Crippen LogP contribution in [0.1, 0.15) is 36.4 Å². The third-order valence-corrected chi connectivity index (χ3v) is 4.84. The van der Waals surface area contributed by atoms with E-state index in [1.54, 1.807) is 0 Å². The van der Waals surface area contributed by atoms with E-state index in [1.165, 1.54) is 42.3 Å². The highest BCUT2D eigenvalue weighted by molar-refractivity contribution is 5.78. The molecular formula is C21H22N2. The van der Waals surface area contributed by atoms with Gasteiger partial charge in [0.15, 0.2) is 0 Å². The minimum absolute atomic E-state index is 0.487. The van der Waals surface area contributed by atoms with Gasteiger partial charge in [-0.25, -0.2) is 0 Å². The van der Waals surface area contributed by atoms with Crippen LogP contribution in [0, 0.1) is 0 Å². The molecule has 0 radical (unpaired) electrons. The Kier molecular flexibility index (Phi) is 4.08. The zero-order valence-electron chi connectivity index (χ0n) is 13.4. The van der Waals surface area contributed by atoms with Gasteiger partial charge in [-0.3, -0.25) is 9.88 Å². The second kappa shape index (κ2) is 6.51. The zero-order valence-corrected chi connectivity index (χ0v) is 13.4. The lowest BCUT2D eigenvalue weighted by Crippen LogP contribution is -2.33. The maximum absolute atomic E-state index is 4.67. The summed E-state index contributed by atoms with van der Waals surface area (Å²) in [5.74, 6) is 0. The van der Waals surface area contributed by atoms with Gasteiger partial charge < -0.3 is 0 Å². The largest absolute Gasteiger partial charge is 0.292 e. The van der Waals surface area contributed by atoms with Gasteiger partial charge in [-0.1, -0.05) is 55.0 Å². The Balaban J connectivity index is 1.63. The number of pyridine rings is 1. The average Bonchev–Trinajstić information content (AvgIpc) is 2.63. The number of aromatic nitrogens is 1.